The summed E-state index contributed by atoms with van der Waals surface area (Å²) in [5.41, 5.74) is 0.535. The average molecular weight is 289 g/mol. The minimum Gasteiger partial charge on any atom is -0.377 e. The Labute approximate surface area is 102 Å². The number of aryl methyl sites for hydroxylation is 1. The Balaban J connectivity index is 2.17. The number of halogens is 1. The van der Waals surface area contributed by atoms with Crippen molar-refractivity contribution in [1.29, 1.82) is 0 Å². The molecule has 1 aromatic heterocycles. The highest BCUT2D eigenvalue weighted by atomic mass is 79.9. The fourth-order valence-electron chi connectivity index (χ4n) is 1.71. The van der Waals surface area contributed by atoms with Gasteiger partial charge in [-0.15, -0.1) is 0 Å². The number of rotatable bonds is 2. The monoisotopic (exact) mass is 288 g/mol. The predicted molar refractivity (Wildman–Crippen MR) is 60.7 cm³/mol. The van der Waals surface area contributed by atoms with Gasteiger partial charge in [0.25, 0.3) is 5.91 Å². The molecule has 1 atom stereocenters. The fourth-order valence-corrected chi connectivity index (χ4v) is 2.25. The highest BCUT2D eigenvalue weighted by Gasteiger charge is 2.29. The van der Waals surface area contributed by atoms with Gasteiger partial charge in [-0.1, -0.05) is 21.1 Å². The molecule has 5 nitrogen and oxygen atoms in total. The van der Waals surface area contributed by atoms with E-state index in [9.17, 15) is 4.79 Å². The van der Waals surface area contributed by atoms with E-state index in [1.165, 1.54) is 6.20 Å². The number of carbonyl (C=O) groups excluding carboxylic acids is 1. The SMILES string of the molecule is Cc1oncc1C(=O)N1CCOCC1CBr. The third kappa shape index (κ3) is 2.12. The van der Waals surface area contributed by atoms with E-state index in [0.717, 1.165) is 0 Å². The Morgan fingerprint density at radius 3 is 3.19 bits per heavy atom. The van der Waals surface area contributed by atoms with Crippen molar-refractivity contribution in [2.45, 2.75) is 13.0 Å². The van der Waals surface area contributed by atoms with Crippen LogP contribution in [0.2, 0.25) is 0 Å². The molecule has 16 heavy (non-hydrogen) atoms. The highest BCUT2D eigenvalue weighted by molar-refractivity contribution is 9.09. The molecule has 0 radical (unpaired) electrons. The zero-order valence-corrected chi connectivity index (χ0v) is 10.6. The smallest absolute Gasteiger partial charge is 0.259 e. The Morgan fingerprint density at radius 2 is 2.56 bits per heavy atom. The van der Waals surface area contributed by atoms with E-state index in [-0.39, 0.29) is 11.9 Å². The van der Waals surface area contributed by atoms with Crippen molar-refractivity contribution in [1.82, 2.24) is 10.1 Å². The number of alkyl halides is 1. The summed E-state index contributed by atoms with van der Waals surface area (Å²) in [6.45, 7) is 3.50. The summed E-state index contributed by atoms with van der Waals surface area (Å²) in [5, 5.41) is 4.33. The first kappa shape index (κ1) is 11.6. The molecule has 2 rings (SSSR count). The summed E-state index contributed by atoms with van der Waals surface area (Å²) >= 11 is 3.39. The van der Waals surface area contributed by atoms with Crippen LogP contribution in [0, 0.1) is 6.92 Å². The largest absolute Gasteiger partial charge is 0.377 e. The Bertz CT molecular complexity index is 380. The Kier molecular flexibility index (Phi) is 3.60. The first-order valence-corrected chi connectivity index (χ1v) is 6.22. The molecule has 1 unspecified atom stereocenters. The fraction of sp³-hybridized carbons (Fsp3) is 0.600. The van der Waals surface area contributed by atoms with Gasteiger partial charge in [-0.25, -0.2) is 0 Å². The first-order chi connectivity index (χ1) is 7.74. The van der Waals surface area contributed by atoms with E-state index >= 15 is 0 Å². The van der Waals surface area contributed by atoms with Gasteiger partial charge in [-0.3, -0.25) is 4.79 Å². The van der Waals surface area contributed by atoms with Gasteiger partial charge in [0.05, 0.1) is 25.5 Å². The molecule has 0 saturated carbocycles. The average Bonchev–Trinajstić information content (AvgIpc) is 2.74. The molecule has 1 aliphatic heterocycles. The van der Waals surface area contributed by atoms with E-state index in [1.54, 1.807) is 11.8 Å². The van der Waals surface area contributed by atoms with Crippen LogP contribution in [0.25, 0.3) is 0 Å². The summed E-state index contributed by atoms with van der Waals surface area (Å²) in [6, 6.07) is 0.0792. The molecule has 0 bridgehead atoms. The van der Waals surface area contributed by atoms with Gasteiger partial charge in [-0.05, 0) is 6.92 Å². The highest BCUT2D eigenvalue weighted by Crippen LogP contribution is 2.16. The maximum Gasteiger partial charge on any atom is 0.259 e. The zero-order valence-electron chi connectivity index (χ0n) is 8.98. The van der Waals surface area contributed by atoms with Crippen LogP contribution in [0.3, 0.4) is 0 Å². The number of amides is 1. The molecule has 1 amide bonds. The van der Waals surface area contributed by atoms with Crippen LogP contribution in [-0.4, -0.2) is 47.1 Å². The van der Waals surface area contributed by atoms with Crippen LogP contribution in [0.15, 0.2) is 10.7 Å². The summed E-state index contributed by atoms with van der Waals surface area (Å²) < 4.78 is 10.2. The lowest BCUT2D eigenvalue weighted by molar-refractivity contribution is 0.00515. The van der Waals surface area contributed by atoms with E-state index in [4.69, 9.17) is 9.26 Å². The third-order valence-corrected chi connectivity index (χ3v) is 3.40. The van der Waals surface area contributed by atoms with Crippen LogP contribution < -0.4 is 0 Å². The van der Waals surface area contributed by atoms with E-state index in [1.807, 2.05) is 0 Å². The van der Waals surface area contributed by atoms with Gasteiger partial charge in [0.1, 0.15) is 11.3 Å². The number of morpholine rings is 1. The molecule has 0 spiro atoms. The lowest BCUT2D eigenvalue weighted by Crippen LogP contribution is -2.49. The van der Waals surface area contributed by atoms with Crippen LogP contribution in [0.4, 0.5) is 0 Å². The standard InChI is InChI=1S/C10H13BrN2O3/c1-7-9(5-12-16-7)10(14)13-2-3-15-6-8(13)4-11/h5,8H,2-4,6H2,1H3. The van der Waals surface area contributed by atoms with E-state index in [2.05, 4.69) is 21.1 Å². The summed E-state index contributed by atoms with van der Waals surface area (Å²) in [6.07, 6.45) is 1.47. The second-order valence-corrected chi connectivity index (χ2v) is 4.32. The second-order valence-electron chi connectivity index (χ2n) is 3.68. The van der Waals surface area contributed by atoms with Crippen molar-refractivity contribution in [2.75, 3.05) is 25.1 Å². The van der Waals surface area contributed by atoms with E-state index in [0.29, 0.717) is 36.4 Å². The molecule has 88 valence electrons. The molecule has 1 fully saturated rings. The molecule has 0 aliphatic carbocycles. The van der Waals surface area contributed by atoms with Crippen LogP contribution >= 0.6 is 15.9 Å². The van der Waals surface area contributed by atoms with Crippen molar-refractivity contribution < 1.29 is 14.1 Å². The van der Waals surface area contributed by atoms with Gasteiger partial charge in [0.15, 0.2) is 0 Å². The normalized spacial score (nSPS) is 21.1. The number of nitrogens with zero attached hydrogens (tertiary/aromatic N) is 2. The van der Waals surface area contributed by atoms with Gasteiger partial charge < -0.3 is 14.2 Å². The van der Waals surface area contributed by atoms with Crippen molar-refractivity contribution in [3.8, 4) is 0 Å². The van der Waals surface area contributed by atoms with Crippen LogP contribution in [0.5, 0.6) is 0 Å². The lowest BCUT2D eigenvalue weighted by atomic mass is 10.2. The van der Waals surface area contributed by atoms with Crippen LogP contribution in [-0.2, 0) is 4.74 Å². The van der Waals surface area contributed by atoms with Gasteiger partial charge in [0.2, 0.25) is 0 Å². The minimum atomic E-state index is -0.0356. The summed E-state index contributed by atoms with van der Waals surface area (Å²) in [7, 11) is 0. The van der Waals surface area contributed by atoms with Crippen molar-refractivity contribution in [3.05, 3.63) is 17.5 Å². The first-order valence-electron chi connectivity index (χ1n) is 5.10. The predicted octanol–water partition coefficient (Wildman–Crippen LogP) is 1.22. The molecule has 0 aromatic carbocycles. The van der Waals surface area contributed by atoms with Crippen molar-refractivity contribution in [2.24, 2.45) is 0 Å². The number of aromatic nitrogens is 1. The Hall–Kier alpha value is -0.880. The number of hydrogen-bond donors (Lipinski definition) is 0. The van der Waals surface area contributed by atoms with Crippen molar-refractivity contribution in [3.63, 3.8) is 0 Å². The van der Waals surface area contributed by atoms with Gasteiger partial charge in [-0.2, -0.15) is 0 Å². The topological polar surface area (TPSA) is 55.6 Å². The second kappa shape index (κ2) is 4.97. The quantitative estimate of drug-likeness (QED) is 0.768. The summed E-state index contributed by atoms with van der Waals surface area (Å²) in [4.78, 5) is 14.0. The third-order valence-electron chi connectivity index (χ3n) is 2.65. The minimum absolute atomic E-state index is 0.0356. The lowest BCUT2D eigenvalue weighted by Gasteiger charge is -2.34. The van der Waals surface area contributed by atoms with Crippen molar-refractivity contribution >= 4 is 21.8 Å². The summed E-state index contributed by atoms with van der Waals surface area (Å²) in [5.74, 6) is 0.524. The molecular formula is C10H13BrN2O3. The maximum atomic E-state index is 12.2. The number of hydrogen-bond acceptors (Lipinski definition) is 4. The number of ether oxygens (including phenoxy) is 1. The maximum absolute atomic E-state index is 12.2. The van der Waals surface area contributed by atoms with Crippen LogP contribution in [0.1, 0.15) is 16.1 Å². The molecule has 0 N–H and O–H groups in total. The molecule has 6 heteroatoms. The molecular weight excluding hydrogens is 276 g/mol. The van der Waals surface area contributed by atoms with Gasteiger partial charge in [0, 0.05) is 11.9 Å². The zero-order chi connectivity index (χ0) is 11.5. The molecule has 1 aromatic rings. The number of carbonyl (C=O) groups is 1. The van der Waals surface area contributed by atoms with Gasteiger partial charge >= 0.3 is 0 Å². The molecule has 1 saturated heterocycles. The Morgan fingerprint density at radius 1 is 1.75 bits per heavy atom. The van der Waals surface area contributed by atoms with E-state index < -0.39 is 0 Å². The molecule has 1 aliphatic rings. The molecule has 2 heterocycles.